The first kappa shape index (κ1) is 13.3. The third-order valence-corrected chi connectivity index (χ3v) is 2.28. The fourth-order valence-electron chi connectivity index (χ4n) is 1.32. The maximum atomic E-state index is 11.7. The van der Waals surface area contributed by atoms with Crippen LogP contribution in [-0.2, 0) is 23.8 Å². The van der Waals surface area contributed by atoms with Crippen LogP contribution in [0.1, 0.15) is 13.8 Å². The molecule has 1 aliphatic rings. The molecule has 0 saturated carbocycles. The van der Waals surface area contributed by atoms with Crippen LogP contribution in [0.15, 0.2) is 12.0 Å². The Balaban J connectivity index is 2.63. The summed E-state index contributed by atoms with van der Waals surface area (Å²) in [5.41, 5.74) is 0. The molecule has 1 heterocycles. The van der Waals surface area contributed by atoms with Crippen molar-refractivity contribution in [2.45, 2.75) is 19.9 Å². The smallest absolute Gasteiger partial charge is 0.328 e. The Labute approximate surface area is 99.9 Å². The molecule has 17 heavy (non-hydrogen) atoms. The summed E-state index contributed by atoms with van der Waals surface area (Å²) in [4.78, 5) is 23.2. The summed E-state index contributed by atoms with van der Waals surface area (Å²) in [5.74, 6) is -0.957. The van der Waals surface area contributed by atoms with Gasteiger partial charge in [-0.3, -0.25) is 4.79 Å². The minimum Gasteiger partial charge on any atom is -0.494 e. The summed E-state index contributed by atoms with van der Waals surface area (Å²) < 4.78 is 14.7. The average Bonchev–Trinajstić information content (AvgIpc) is 2.35. The van der Waals surface area contributed by atoms with E-state index in [1.54, 1.807) is 0 Å². The summed E-state index contributed by atoms with van der Waals surface area (Å²) in [6.07, 6.45) is 1.24. The Morgan fingerprint density at radius 2 is 2.12 bits per heavy atom. The molecule has 0 bridgehead atoms. The minimum absolute atomic E-state index is 0.0727. The Kier molecular flexibility index (Phi) is 4.81. The van der Waals surface area contributed by atoms with Gasteiger partial charge in [0.05, 0.1) is 7.11 Å². The topological polar surface area (TPSA) is 73.9 Å². The molecule has 0 saturated heterocycles. The Hall–Kier alpha value is -1.72. The maximum Gasteiger partial charge on any atom is 0.328 e. The average molecular weight is 243 g/mol. The highest BCUT2D eigenvalue weighted by Crippen LogP contribution is 2.08. The molecule has 0 fully saturated rings. The number of carbonyl (C=O) groups is 2. The van der Waals surface area contributed by atoms with Crippen molar-refractivity contribution in [3.05, 3.63) is 12.0 Å². The van der Waals surface area contributed by atoms with Gasteiger partial charge in [-0.25, -0.2) is 4.79 Å². The molecule has 6 nitrogen and oxygen atoms in total. The zero-order valence-electron chi connectivity index (χ0n) is 10.2. The molecule has 1 rings (SSSR count). The van der Waals surface area contributed by atoms with Crippen molar-refractivity contribution in [2.75, 3.05) is 20.3 Å². The number of ether oxygens (including phenoxy) is 3. The molecule has 1 aliphatic heterocycles. The van der Waals surface area contributed by atoms with Gasteiger partial charge in [-0.15, -0.1) is 0 Å². The lowest BCUT2D eigenvalue weighted by Crippen LogP contribution is -2.46. The third kappa shape index (κ3) is 3.65. The van der Waals surface area contributed by atoms with Crippen molar-refractivity contribution >= 4 is 11.9 Å². The molecule has 1 unspecified atom stereocenters. The third-order valence-electron chi connectivity index (χ3n) is 2.28. The van der Waals surface area contributed by atoms with Crippen molar-refractivity contribution in [2.24, 2.45) is 5.92 Å². The number of amides is 1. The monoisotopic (exact) mass is 243 g/mol. The molecule has 0 aromatic heterocycles. The van der Waals surface area contributed by atoms with Crippen LogP contribution in [0, 0.1) is 5.92 Å². The van der Waals surface area contributed by atoms with Gasteiger partial charge in [0.15, 0.2) is 0 Å². The van der Waals surface area contributed by atoms with Crippen molar-refractivity contribution < 1.29 is 23.8 Å². The fourth-order valence-corrected chi connectivity index (χ4v) is 1.32. The van der Waals surface area contributed by atoms with Crippen LogP contribution in [0.4, 0.5) is 0 Å². The summed E-state index contributed by atoms with van der Waals surface area (Å²) in [6.45, 7) is 4.37. The van der Waals surface area contributed by atoms with Gasteiger partial charge in [0.1, 0.15) is 25.5 Å². The molecule has 0 aromatic carbocycles. The molecule has 0 aliphatic carbocycles. The van der Waals surface area contributed by atoms with Gasteiger partial charge < -0.3 is 19.5 Å². The van der Waals surface area contributed by atoms with Gasteiger partial charge in [0, 0.05) is 0 Å². The van der Waals surface area contributed by atoms with Gasteiger partial charge in [0.25, 0.3) is 5.91 Å². The second-order valence-electron chi connectivity index (χ2n) is 3.92. The molecule has 1 amide bonds. The van der Waals surface area contributed by atoms with E-state index in [2.05, 4.69) is 10.1 Å². The molecular formula is C11H17NO5. The van der Waals surface area contributed by atoms with Gasteiger partial charge in [-0.1, -0.05) is 13.8 Å². The van der Waals surface area contributed by atoms with Crippen LogP contribution in [0.25, 0.3) is 0 Å². The van der Waals surface area contributed by atoms with E-state index >= 15 is 0 Å². The van der Waals surface area contributed by atoms with E-state index in [0.29, 0.717) is 13.2 Å². The fraction of sp³-hybridized carbons (Fsp3) is 0.636. The number of hydrogen-bond acceptors (Lipinski definition) is 5. The van der Waals surface area contributed by atoms with E-state index in [-0.39, 0.29) is 11.7 Å². The molecule has 6 heteroatoms. The summed E-state index contributed by atoms with van der Waals surface area (Å²) in [5, 5.41) is 2.55. The van der Waals surface area contributed by atoms with Crippen LogP contribution in [0.3, 0.4) is 0 Å². The molecule has 96 valence electrons. The first-order valence-corrected chi connectivity index (χ1v) is 5.39. The van der Waals surface area contributed by atoms with E-state index in [1.165, 1.54) is 13.4 Å². The lowest BCUT2D eigenvalue weighted by Gasteiger charge is -2.21. The molecule has 0 radical (unpaired) electrons. The van der Waals surface area contributed by atoms with E-state index in [0.717, 1.165) is 0 Å². The van der Waals surface area contributed by atoms with E-state index in [4.69, 9.17) is 9.47 Å². The van der Waals surface area contributed by atoms with Crippen LogP contribution < -0.4 is 5.32 Å². The largest absolute Gasteiger partial charge is 0.494 e. The van der Waals surface area contributed by atoms with Crippen LogP contribution in [0.5, 0.6) is 0 Å². The normalized spacial score (nSPS) is 16.4. The quantitative estimate of drug-likeness (QED) is 0.713. The zero-order valence-corrected chi connectivity index (χ0v) is 10.2. The second-order valence-corrected chi connectivity index (χ2v) is 3.92. The number of nitrogens with one attached hydrogen (secondary N) is 1. The SMILES string of the molecule is COC(=O)C(NC(=O)C1=COCCO1)C(C)C. The number of rotatable bonds is 4. The van der Waals surface area contributed by atoms with Gasteiger partial charge in [-0.2, -0.15) is 0 Å². The summed E-state index contributed by atoms with van der Waals surface area (Å²) in [6, 6.07) is -0.695. The Morgan fingerprint density at radius 1 is 1.41 bits per heavy atom. The molecule has 1 atom stereocenters. The van der Waals surface area contributed by atoms with Crippen molar-refractivity contribution in [3.63, 3.8) is 0 Å². The van der Waals surface area contributed by atoms with Gasteiger partial charge in [-0.05, 0) is 5.92 Å². The van der Waals surface area contributed by atoms with Crippen molar-refractivity contribution in [1.29, 1.82) is 0 Å². The lowest BCUT2D eigenvalue weighted by molar-refractivity contribution is -0.146. The Morgan fingerprint density at radius 3 is 2.59 bits per heavy atom. The lowest BCUT2D eigenvalue weighted by atomic mass is 10.0. The highest BCUT2D eigenvalue weighted by Gasteiger charge is 2.27. The molecule has 1 N–H and O–H groups in total. The van der Waals surface area contributed by atoms with Crippen LogP contribution in [0.2, 0.25) is 0 Å². The highest BCUT2D eigenvalue weighted by molar-refractivity contribution is 5.94. The van der Waals surface area contributed by atoms with E-state index in [1.807, 2.05) is 13.8 Å². The number of methoxy groups -OCH3 is 1. The van der Waals surface area contributed by atoms with E-state index < -0.39 is 17.9 Å². The number of esters is 1. The van der Waals surface area contributed by atoms with Gasteiger partial charge >= 0.3 is 5.97 Å². The Bertz CT molecular complexity index is 324. The van der Waals surface area contributed by atoms with Gasteiger partial charge in [0.2, 0.25) is 5.76 Å². The van der Waals surface area contributed by atoms with Crippen molar-refractivity contribution in [1.82, 2.24) is 5.32 Å². The predicted molar refractivity (Wildman–Crippen MR) is 58.8 cm³/mol. The molecule has 0 aromatic rings. The zero-order chi connectivity index (χ0) is 12.8. The minimum atomic E-state index is -0.695. The van der Waals surface area contributed by atoms with Crippen molar-refractivity contribution in [3.8, 4) is 0 Å². The summed E-state index contributed by atoms with van der Waals surface area (Å²) in [7, 11) is 1.28. The molecular weight excluding hydrogens is 226 g/mol. The predicted octanol–water partition coefficient (Wildman–Crippen LogP) is 0.188. The maximum absolute atomic E-state index is 11.7. The highest BCUT2D eigenvalue weighted by atomic mass is 16.6. The first-order valence-electron chi connectivity index (χ1n) is 5.39. The number of hydrogen-bond donors (Lipinski definition) is 1. The second kappa shape index (κ2) is 6.12. The first-order chi connectivity index (χ1) is 8.06. The van der Waals surface area contributed by atoms with Crippen LogP contribution >= 0.6 is 0 Å². The molecule has 0 spiro atoms. The summed E-state index contributed by atoms with van der Waals surface area (Å²) >= 11 is 0. The van der Waals surface area contributed by atoms with Crippen LogP contribution in [-0.4, -0.2) is 38.2 Å². The standard InChI is InChI=1S/C11H17NO5/c1-7(2)9(11(14)15-3)12-10(13)8-6-16-4-5-17-8/h6-7,9H,4-5H2,1-3H3,(H,12,13). The van der Waals surface area contributed by atoms with E-state index in [9.17, 15) is 9.59 Å². The number of carbonyl (C=O) groups excluding carboxylic acids is 2.